The standard InChI is InChI=1S/C19H25N2O2/c1-2-23-17-4-3-15(21-18(20)22)8-16(17)19-9-12-5-13(10-19)7-14(6-12)11-19/h3-4,8,12-14H,2,5-7,9-11H2,1H3,(H2,20,22). The molecule has 0 aliphatic heterocycles. The van der Waals surface area contributed by atoms with Crippen molar-refractivity contribution in [2.75, 3.05) is 6.61 Å². The normalized spacial score (nSPS) is 34.4. The molecule has 0 aromatic heterocycles. The zero-order chi connectivity index (χ0) is 16.0. The van der Waals surface area contributed by atoms with E-state index >= 15 is 0 Å². The van der Waals surface area contributed by atoms with Gasteiger partial charge in [-0.05, 0) is 86.8 Å². The van der Waals surface area contributed by atoms with E-state index in [9.17, 15) is 4.79 Å². The Labute approximate surface area is 137 Å². The van der Waals surface area contributed by atoms with Crippen LogP contribution in [0.1, 0.15) is 51.0 Å². The van der Waals surface area contributed by atoms with Crippen molar-refractivity contribution >= 4 is 11.7 Å². The molecule has 4 fully saturated rings. The van der Waals surface area contributed by atoms with E-state index in [0.717, 1.165) is 23.5 Å². The zero-order valence-corrected chi connectivity index (χ0v) is 13.8. The summed E-state index contributed by atoms with van der Waals surface area (Å²) >= 11 is 0. The molecule has 4 aliphatic rings. The van der Waals surface area contributed by atoms with Gasteiger partial charge in [-0.25, -0.2) is 4.79 Å². The van der Waals surface area contributed by atoms with Gasteiger partial charge in [-0.2, -0.15) is 5.32 Å². The van der Waals surface area contributed by atoms with Crippen molar-refractivity contribution in [3.05, 3.63) is 23.8 Å². The van der Waals surface area contributed by atoms with Gasteiger partial charge in [0.2, 0.25) is 0 Å². The number of carbonyl (C=O) groups excluding carboxylic acids is 1. The Balaban J connectivity index is 1.75. The van der Waals surface area contributed by atoms with Crippen LogP contribution in [0.4, 0.5) is 10.5 Å². The van der Waals surface area contributed by atoms with Crippen molar-refractivity contribution in [2.24, 2.45) is 23.5 Å². The molecule has 1 aromatic carbocycles. The monoisotopic (exact) mass is 313 g/mol. The number of urea groups is 1. The number of nitrogens with two attached hydrogens (primary N) is 1. The van der Waals surface area contributed by atoms with Crippen molar-refractivity contribution in [1.82, 2.24) is 5.32 Å². The smallest absolute Gasteiger partial charge is 0.338 e. The van der Waals surface area contributed by atoms with E-state index in [1.807, 2.05) is 19.1 Å². The van der Waals surface area contributed by atoms with Crippen LogP contribution >= 0.6 is 0 Å². The number of rotatable bonds is 4. The number of hydrogen-bond acceptors (Lipinski definition) is 2. The van der Waals surface area contributed by atoms with Crippen LogP contribution in [-0.4, -0.2) is 12.6 Å². The molecule has 5 rings (SSSR count). The van der Waals surface area contributed by atoms with E-state index in [2.05, 4.69) is 11.4 Å². The number of benzene rings is 1. The van der Waals surface area contributed by atoms with Crippen molar-refractivity contribution in [3.8, 4) is 5.75 Å². The molecule has 0 spiro atoms. The summed E-state index contributed by atoms with van der Waals surface area (Å²) in [4.78, 5) is 11.2. The highest BCUT2D eigenvalue weighted by Gasteiger charge is 2.52. The second-order valence-corrected chi connectivity index (χ2v) is 7.76. The first kappa shape index (κ1) is 14.9. The van der Waals surface area contributed by atoms with Crippen molar-refractivity contribution in [1.29, 1.82) is 0 Å². The average Bonchev–Trinajstić information content (AvgIpc) is 2.47. The summed E-state index contributed by atoms with van der Waals surface area (Å²) in [6, 6.07) is 5.23. The molecule has 0 saturated heterocycles. The maximum absolute atomic E-state index is 11.2. The maximum atomic E-state index is 11.2. The number of carbonyl (C=O) groups is 1. The Hall–Kier alpha value is -1.71. The Kier molecular flexibility index (Phi) is 3.51. The summed E-state index contributed by atoms with van der Waals surface area (Å²) in [5.41, 5.74) is 7.39. The highest BCUT2D eigenvalue weighted by Crippen LogP contribution is 2.62. The van der Waals surface area contributed by atoms with Gasteiger partial charge in [0, 0.05) is 5.56 Å². The SMILES string of the molecule is CCOc1ccc([N]C(N)=O)cc1C12CC3CC(CC(C3)C1)C2. The van der Waals surface area contributed by atoms with E-state index in [1.165, 1.54) is 44.1 Å². The van der Waals surface area contributed by atoms with Crippen LogP contribution in [0, 0.1) is 17.8 Å². The number of ether oxygens (including phenoxy) is 1. The molecule has 4 saturated carbocycles. The number of amides is 2. The summed E-state index contributed by atoms with van der Waals surface area (Å²) in [6.45, 7) is 2.68. The fraction of sp³-hybridized carbons (Fsp3) is 0.632. The molecule has 23 heavy (non-hydrogen) atoms. The molecule has 0 heterocycles. The lowest BCUT2D eigenvalue weighted by Crippen LogP contribution is -2.48. The summed E-state index contributed by atoms with van der Waals surface area (Å²) in [7, 11) is 0. The molecule has 1 aromatic rings. The third kappa shape index (κ3) is 2.58. The van der Waals surface area contributed by atoms with Gasteiger partial charge in [0.1, 0.15) is 5.75 Å². The van der Waals surface area contributed by atoms with Crippen LogP contribution in [0.15, 0.2) is 18.2 Å². The lowest BCUT2D eigenvalue weighted by atomic mass is 9.48. The predicted octanol–water partition coefficient (Wildman–Crippen LogP) is 3.87. The van der Waals surface area contributed by atoms with Gasteiger partial charge in [-0.15, -0.1) is 0 Å². The summed E-state index contributed by atoms with van der Waals surface area (Å²) in [6.07, 6.45) is 8.02. The fourth-order valence-corrected chi connectivity index (χ4v) is 5.85. The number of nitrogens with zero attached hydrogens (tertiary/aromatic N) is 1. The Morgan fingerprint density at radius 1 is 1.22 bits per heavy atom. The first-order chi connectivity index (χ1) is 11.1. The topological polar surface area (TPSA) is 66.4 Å². The highest BCUT2D eigenvalue weighted by atomic mass is 16.5. The van der Waals surface area contributed by atoms with Gasteiger partial charge in [-0.1, -0.05) is 0 Å². The third-order valence-corrected chi connectivity index (χ3v) is 6.11. The predicted molar refractivity (Wildman–Crippen MR) is 88.8 cm³/mol. The molecule has 0 atom stereocenters. The maximum Gasteiger partial charge on any atom is 0.338 e. The fourth-order valence-electron chi connectivity index (χ4n) is 5.85. The Morgan fingerprint density at radius 2 is 1.83 bits per heavy atom. The molecule has 4 aliphatic carbocycles. The summed E-state index contributed by atoms with van der Waals surface area (Å²) in [5.74, 6) is 3.57. The second-order valence-electron chi connectivity index (χ2n) is 7.76. The first-order valence-electron chi connectivity index (χ1n) is 8.86. The molecular weight excluding hydrogens is 288 g/mol. The van der Waals surface area contributed by atoms with Crippen LogP contribution < -0.4 is 15.8 Å². The molecule has 1 radical (unpaired) electrons. The molecule has 123 valence electrons. The van der Waals surface area contributed by atoms with Crippen LogP contribution in [0.25, 0.3) is 0 Å². The molecule has 4 bridgehead atoms. The van der Waals surface area contributed by atoms with Gasteiger partial charge < -0.3 is 10.5 Å². The van der Waals surface area contributed by atoms with Gasteiger partial charge >= 0.3 is 6.03 Å². The molecule has 4 heteroatoms. The van der Waals surface area contributed by atoms with Gasteiger partial charge in [0.15, 0.2) is 0 Å². The second kappa shape index (κ2) is 5.43. The Bertz CT molecular complexity index is 591. The molecule has 4 nitrogen and oxygen atoms in total. The van der Waals surface area contributed by atoms with E-state index < -0.39 is 6.03 Å². The average molecular weight is 313 g/mol. The first-order valence-corrected chi connectivity index (χ1v) is 8.86. The number of primary amides is 1. The minimum atomic E-state index is -0.634. The molecule has 2 N–H and O–H groups in total. The van der Waals surface area contributed by atoms with Gasteiger partial charge in [-0.3, -0.25) is 0 Å². The zero-order valence-electron chi connectivity index (χ0n) is 13.8. The van der Waals surface area contributed by atoms with Crippen LogP contribution in [0.5, 0.6) is 5.75 Å². The highest BCUT2D eigenvalue weighted by molar-refractivity contribution is 5.77. The van der Waals surface area contributed by atoms with Gasteiger partial charge in [0.05, 0.1) is 12.3 Å². The Morgan fingerprint density at radius 3 is 2.35 bits per heavy atom. The minimum absolute atomic E-state index is 0.225. The largest absolute Gasteiger partial charge is 0.494 e. The summed E-state index contributed by atoms with van der Waals surface area (Å²) < 4.78 is 5.93. The van der Waals surface area contributed by atoms with E-state index in [4.69, 9.17) is 10.5 Å². The molecule has 0 unspecified atom stereocenters. The van der Waals surface area contributed by atoms with Gasteiger partial charge in [0.25, 0.3) is 0 Å². The number of hydrogen-bond donors (Lipinski definition) is 1. The molecule has 2 amide bonds. The minimum Gasteiger partial charge on any atom is -0.494 e. The van der Waals surface area contributed by atoms with Crippen LogP contribution in [-0.2, 0) is 5.41 Å². The lowest BCUT2D eigenvalue weighted by molar-refractivity contribution is -0.00632. The van der Waals surface area contributed by atoms with E-state index in [-0.39, 0.29) is 5.41 Å². The third-order valence-electron chi connectivity index (χ3n) is 6.11. The van der Waals surface area contributed by atoms with Crippen LogP contribution in [0.2, 0.25) is 0 Å². The van der Waals surface area contributed by atoms with Crippen molar-refractivity contribution in [3.63, 3.8) is 0 Å². The van der Waals surface area contributed by atoms with E-state index in [0.29, 0.717) is 12.3 Å². The molecular formula is C19H25N2O2. The van der Waals surface area contributed by atoms with Crippen LogP contribution in [0.3, 0.4) is 0 Å². The quantitative estimate of drug-likeness (QED) is 0.917. The summed E-state index contributed by atoms with van der Waals surface area (Å²) in [5, 5.41) is 3.93. The van der Waals surface area contributed by atoms with E-state index in [1.54, 1.807) is 0 Å². The lowest BCUT2D eigenvalue weighted by Gasteiger charge is -2.57. The van der Waals surface area contributed by atoms with Crippen molar-refractivity contribution in [2.45, 2.75) is 50.9 Å². The van der Waals surface area contributed by atoms with Crippen molar-refractivity contribution < 1.29 is 9.53 Å².